The number of aromatic nitrogens is 4. The standard InChI is InChI=1S/C29H25Cl2FN6O4/c1-14(2)37-23-22(35-24(37)18-13-33-28(42-10-9-32)36-25(18)41-4)26(39)38(21-12-17(31)6-5-15(21)3)29(23)19-8-7-16(30)11-20(19)34-27(29)40/h5-8,11-14H,9-10H2,1-4H3,(H,34,40). The number of nitrogens with one attached hydrogen (secondary N) is 1. The van der Waals surface area contributed by atoms with Crippen LogP contribution in [0, 0.1) is 6.92 Å². The highest BCUT2D eigenvalue weighted by molar-refractivity contribution is 6.32. The number of fused-ring (bicyclic) bond motifs is 4. The number of alkyl halides is 1. The Labute approximate surface area is 250 Å². The Balaban J connectivity index is 1.67. The molecule has 2 aliphatic heterocycles. The molecule has 0 saturated carbocycles. The number of methoxy groups -OCH3 is 1. The highest BCUT2D eigenvalue weighted by atomic mass is 35.5. The maximum absolute atomic E-state index is 14.5. The number of halogens is 3. The summed E-state index contributed by atoms with van der Waals surface area (Å²) in [5.74, 6) is -0.514. The molecule has 2 aliphatic rings. The van der Waals surface area contributed by atoms with E-state index in [4.69, 9.17) is 37.7 Å². The van der Waals surface area contributed by atoms with E-state index in [-0.39, 0.29) is 30.2 Å². The van der Waals surface area contributed by atoms with Crippen LogP contribution in [0.5, 0.6) is 11.9 Å². The third kappa shape index (κ3) is 3.94. The summed E-state index contributed by atoms with van der Waals surface area (Å²) >= 11 is 12.7. The molecule has 1 N–H and O–H groups in total. The lowest BCUT2D eigenvalue weighted by Gasteiger charge is -2.36. The number of benzene rings is 2. The molecule has 0 saturated heterocycles. The number of aryl methyl sites for hydroxylation is 1. The van der Waals surface area contributed by atoms with Crippen LogP contribution < -0.4 is 19.7 Å². The van der Waals surface area contributed by atoms with Crippen molar-refractivity contribution in [3.63, 3.8) is 0 Å². The van der Waals surface area contributed by atoms with Gasteiger partial charge in [-0.3, -0.25) is 14.5 Å². The van der Waals surface area contributed by atoms with Gasteiger partial charge < -0.3 is 19.4 Å². The van der Waals surface area contributed by atoms with Gasteiger partial charge >= 0.3 is 6.01 Å². The number of imidazole rings is 1. The van der Waals surface area contributed by atoms with Crippen LogP contribution in [0.1, 0.15) is 47.2 Å². The number of hydrogen-bond acceptors (Lipinski definition) is 7. The first kappa shape index (κ1) is 27.9. The fraction of sp³-hybridized carbons (Fsp3) is 0.276. The van der Waals surface area contributed by atoms with E-state index in [9.17, 15) is 14.0 Å². The van der Waals surface area contributed by atoms with E-state index in [2.05, 4.69) is 15.3 Å². The SMILES string of the molecule is COc1nc(OCCF)ncc1-c1nc2c(n1C(C)C)C1(C(=O)Nc3cc(Cl)ccc31)N(c1cc(Cl)ccc1C)C2=O. The monoisotopic (exact) mass is 610 g/mol. The first-order chi connectivity index (χ1) is 20.1. The minimum atomic E-state index is -1.64. The lowest BCUT2D eigenvalue weighted by molar-refractivity contribution is -0.119. The zero-order chi connectivity index (χ0) is 29.9. The van der Waals surface area contributed by atoms with Gasteiger partial charge in [-0.25, -0.2) is 14.4 Å². The number of rotatable bonds is 7. The first-order valence-corrected chi connectivity index (χ1v) is 13.8. The zero-order valence-corrected chi connectivity index (χ0v) is 24.5. The number of amides is 2. The van der Waals surface area contributed by atoms with Gasteiger partial charge in [0, 0.05) is 33.5 Å². The molecule has 2 amide bonds. The quantitative estimate of drug-likeness (QED) is 0.283. The lowest BCUT2D eigenvalue weighted by Crippen LogP contribution is -2.51. The predicted octanol–water partition coefficient (Wildman–Crippen LogP) is 5.75. The largest absolute Gasteiger partial charge is 0.480 e. The van der Waals surface area contributed by atoms with Crippen molar-refractivity contribution in [2.24, 2.45) is 0 Å². The molecule has 0 fully saturated rings. The molecule has 13 heteroatoms. The van der Waals surface area contributed by atoms with Gasteiger partial charge in [-0.05, 0) is 50.6 Å². The predicted molar refractivity (Wildman–Crippen MR) is 156 cm³/mol. The molecule has 0 radical (unpaired) electrons. The van der Waals surface area contributed by atoms with Crippen molar-refractivity contribution >= 4 is 46.4 Å². The number of ether oxygens (including phenoxy) is 2. The minimum absolute atomic E-state index is 0.0698. The average molecular weight is 611 g/mol. The Morgan fingerprint density at radius 2 is 1.83 bits per heavy atom. The Hall–Kier alpha value is -4.22. The summed E-state index contributed by atoms with van der Waals surface area (Å²) in [7, 11) is 1.42. The third-order valence-electron chi connectivity index (χ3n) is 7.35. The van der Waals surface area contributed by atoms with Gasteiger partial charge in [0.05, 0.1) is 24.1 Å². The molecule has 1 spiro atoms. The highest BCUT2D eigenvalue weighted by Gasteiger charge is 2.64. The van der Waals surface area contributed by atoms with Crippen molar-refractivity contribution in [1.29, 1.82) is 0 Å². The summed E-state index contributed by atoms with van der Waals surface area (Å²) in [5, 5.41) is 3.77. The molecule has 2 aromatic carbocycles. The van der Waals surface area contributed by atoms with Gasteiger partial charge in [0.25, 0.3) is 11.8 Å². The van der Waals surface area contributed by atoms with Crippen molar-refractivity contribution in [3.8, 4) is 23.3 Å². The van der Waals surface area contributed by atoms with Crippen molar-refractivity contribution in [2.45, 2.75) is 32.4 Å². The normalized spacial score (nSPS) is 17.2. The summed E-state index contributed by atoms with van der Waals surface area (Å²) in [6.45, 7) is 4.75. The summed E-state index contributed by atoms with van der Waals surface area (Å²) < 4.78 is 25.2. The average Bonchev–Trinajstić information content (AvgIpc) is 3.57. The van der Waals surface area contributed by atoms with E-state index < -0.39 is 24.0 Å². The van der Waals surface area contributed by atoms with Crippen LogP contribution in [0.4, 0.5) is 15.8 Å². The summed E-state index contributed by atoms with van der Waals surface area (Å²) in [6.07, 6.45) is 1.44. The van der Waals surface area contributed by atoms with Gasteiger partial charge in [0.15, 0.2) is 11.2 Å². The molecule has 4 heterocycles. The Bertz CT molecular complexity index is 1780. The maximum Gasteiger partial charge on any atom is 0.319 e. The molecule has 4 aromatic rings. The minimum Gasteiger partial charge on any atom is -0.480 e. The molecule has 1 unspecified atom stereocenters. The second kappa shape index (κ2) is 10.2. The molecule has 0 bridgehead atoms. The fourth-order valence-corrected chi connectivity index (χ4v) is 6.02. The summed E-state index contributed by atoms with van der Waals surface area (Å²) in [6, 6.07) is 9.89. The van der Waals surface area contributed by atoms with E-state index in [0.717, 1.165) is 5.56 Å². The van der Waals surface area contributed by atoms with Crippen molar-refractivity contribution in [2.75, 3.05) is 30.6 Å². The second-order valence-electron chi connectivity index (χ2n) is 10.1. The number of anilines is 2. The first-order valence-electron chi connectivity index (χ1n) is 13.1. The van der Waals surface area contributed by atoms with Crippen LogP contribution in [-0.2, 0) is 10.3 Å². The number of hydrogen-bond donors (Lipinski definition) is 1. The number of nitrogens with zero attached hydrogens (tertiary/aromatic N) is 5. The Kier molecular flexibility index (Phi) is 6.81. The maximum atomic E-state index is 14.5. The number of carbonyl (C=O) groups excluding carboxylic acids is 2. The van der Waals surface area contributed by atoms with E-state index in [1.54, 1.807) is 36.4 Å². The Morgan fingerprint density at radius 3 is 2.55 bits per heavy atom. The van der Waals surface area contributed by atoms with Gasteiger partial charge in [-0.1, -0.05) is 35.3 Å². The molecule has 42 heavy (non-hydrogen) atoms. The van der Waals surface area contributed by atoms with E-state index in [1.165, 1.54) is 18.2 Å². The van der Waals surface area contributed by atoms with Gasteiger partial charge in [0.2, 0.25) is 5.88 Å². The molecule has 6 rings (SSSR count). The fourth-order valence-electron chi connectivity index (χ4n) is 5.68. The van der Waals surface area contributed by atoms with Gasteiger partial charge in [0.1, 0.15) is 19.1 Å². The lowest BCUT2D eigenvalue weighted by atomic mass is 9.86. The van der Waals surface area contributed by atoms with Crippen LogP contribution in [0.2, 0.25) is 10.0 Å². The van der Waals surface area contributed by atoms with Crippen LogP contribution in [0.15, 0.2) is 42.6 Å². The van der Waals surface area contributed by atoms with Crippen molar-refractivity contribution in [3.05, 3.63) is 75.2 Å². The van der Waals surface area contributed by atoms with E-state index in [1.807, 2.05) is 25.3 Å². The van der Waals surface area contributed by atoms with Crippen molar-refractivity contribution < 1.29 is 23.5 Å². The van der Waals surface area contributed by atoms with Crippen LogP contribution in [0.3, 0.4) is 0 Å². The second-order valence-corrected chi connectivity index (χ2v) is 11.0. The van der Waals surface area contributed by atoms with E-state index in [0.29, 0.717) is 44.1 Å². The van der Waals surface area contributed by atoms with Gasteiger partial charge in [-0.2, -0.15) is 4.98 Å². The van der Waals surface area contributed by atoms with Gasteiger partial charge in [-0.15, -0.1) is 0 Å². The molecule has 2 aromatic heterocycles. The zero-order valence-electron chi connectivity index (χ0n) is 23.0. The number of carbonyl (C=O) groups is 2. The van der Waals surface area contributed by atoms with Crippen LogP contribution >= 0.6 is 23.2 Å². The van der Waals surface area contributed by atoms with E-state index >= 15 is 0 Å². The summed E-state index contributed by atoms with van der Waals surface area (Å²) in [4.78, 5) is 43.5. The topological polar surface area (TPSA) is 111 Å². The van der Waals surface area contributed by atoms with Crippen LogP contribution in [-0.4, -0.2) is 51.7 Å². The third-order valence-corrected chi connectivity index (χ3v) is 7.82. The molecule has 1 atom stereocenters. The molecule has 0 aliphatic carbocycles. The molecular weight excluding hydrogens is 586 g/mol. The van der Waals surface area contributed by atoms with Crippen LogP contribution in [0.25, 0.3) is 11.4 Å². The highest BCUT2D eigenvalue weighted by Crippen LogP contribution is 2.55. The smallest absolute Gasteiger partial charge is 0.319 e. The molecule has 216 valence electrons. The Morgan fingerprint density at radius 1 is 1.10 bits per heavy atom. The molecular formula is C29H25Cl2FN6O4. The molecule has 10 nitrogen and oxygen atoms in total. The summed E-state index contributed by atoms with van der Waals surface area (Å²) in [5.41, 5.74) is 1.39. The van der Waals surface area contributed by atoms with Crippen molar-refractivity contribution in [1.82, 2.24) is 19.5 Å².